The maximum Gasteiger partial charge on any atom is 0.191 e. The van der Waals surface area contributed by atoms with Gasteiger partial charge >= 0.3 is 0 Å². The van der Waals surface area contributed by atoms with E-state index in [1.165, 1.54) is 11.1 Å². The molecule has 1 heterocycles. The fourth-order valence-electron chi connectivity index (χ4n) is 3.56. The molecule has 1 aromatic carbocycles. The Morgan fingerprint density at radius 2 is 2.07 bits per heavy atom. The topological polar surface area (TPSA) is 58.1 Å². The molecule has 0 radical (unpaired) electrons. The molecule has 1 saturated heterocycles. The monoisotopic (exact) mass is 404 g/mol. The second-order valence-corrected chi connectivity index (χ2v) is 8.90. The van der Waals surface area contributed by atoms with Gasteiger partial charge in [0.2, 0.25) is 0 Å². The van der Waals surface area contributed by atoms with Crippen molar-refractivity contribution in [3.05, 3.63) is 35.4 Å². The van der Waals surface area contributed by atoms with Gasteiger partial charge in [0.15, 0.2) is 5.96 Å². The summed E-state index contributed by atoms with van der Waals surface area (Å²) < 4.78 is 11.3. The molecular weight excluding hydrogens is 364 g/mol. The van der Waals surface area contributed by atoms with Crippen molar-refractivity contribution < 1.29 is 9.47 Å². The zero-order chi connectivity index (χ0) is 21.3. The molecule has 0 spiro atoms. The summed E-state index contributed by atoms with van der Waals surface area (Å²) in [5.74, 6) is 0.825. The van der Waals surface area contributed by atoms with Crippen LogP contribution in [0.15, 0.2) is 29.3 Å². The van der Waals surface area contributed by atoms with Gasteiger partial charge in [0.1, 0.15) is 0 Å². The smallest absolute Gasteiger partial charge is 0.191 e. The Kier molecular flexibility index (Phi) is 9.40. The standard InChI is InChI=1S/C23H40N4O2/c1-7-24-22(26-15-21(28-6)23(3,4)5)25-14-19-9-8-10-20(13-19)17-27-11-12-29-18(2)16-27/h8-10,13,18,21H,7,11-12,14-17H2,1-6H3,(H2,24,25,26). The molecule has 0 bridgehead atoms. The lowest BCUT2D eigenvalue weighted by molar-refractivity contribution is -0.0212. The zero-order valence-electron chi connectivity index (χ0n) is 19.1. The van der Waals surface area contributed by atoms with Gasteiger partial charge in [0, 0.05) is 39.8 Å². The Labute approximate surface area is 177 Å². The first-order valence-corrected chi connectivity index (χ1v) is 10.8. The number of guanidine groups is 1. The maximum absolute atomic E-state index is 5.64. The molecule has 0 saturated carbocycles. The largest absolute Gasteiger partial charge is 0.379 e. The minimum absolute atomic E-state index is 0.0738. The number of benzene rings is 1. The van der Waals surface area contributed by atoms with E-state index in [1.54, 1.807) is 7.11 Å². The molecule has 0 aliphatic carbocycles. The lowest BCUT2D eigenvalue weighted by atomic mass is 9.89. The lowest BCUT2D eigenvalue weighted by Gasteiger charge is -2.31. The molecule has 2 unspecified atom stereocenters. The van der Waals surface area contributed by atoms with Crippen molar-refractivity contribution >= 4 is 5.96 Å². The van der Waals surface area contributed by atoms with E-state index in [2.05, 4.69) is 74.4 Å². The van der Waals surface area contributed by atoms with Crippen molar-refractivity contribution in [3.8, 4) is 0 Å². The van der Waals surface area contributed by atoms with E-state index < -0.39 is 0 Å². The molecule has 1 aromatic rings. The molecule has 1 aliphatic heterocycles. The molecule has 29 heavy (non-hydrogen) atoms. The Bertz CT molecular complexity index is 642. The van der Waals surface area contributed by atoms with E-state index in [0.29, 0.717) is 12.6 Å². The van der Waals surface area contributed by atoms with Gasteiger partial charge in [-0.05, 0) is 30.4 Å². The molecule has 2 rings (SSSR count). The Balaban J connectivity index is 1.95. The van der Waals surface area contributed by atoms with Gasteiger partial charge in [-0.3, -0.25) is 4.90 Å². The van der Waals surface area contributed by atoms with Crippen molar-refractivity contribution in [1.82, 2.24) is 15.5 Å². The molecule has 2 N–H and O–H groups in total. The number of hydrogen-bond acceptors (Lipinski definition) is 4. The van der Waals surface area contributed by atoms with Crippen LogP contribution in [0.2, 0.25) is 0 Å². The van der Waals surface area contributed by atoms with Crippen molar-refractivity contribution in [2.75, 3.05) is 39.9 Å². The molecule has 6 nitrogen and oxygen atoms in total. The van der Waals surface area contributed by atoms with Crippen LogP contribution in [0.5, 0.6) is 0 Å². The van der Waals surface area contributed by atoms with Crippen molar-refractivity contribution in [2.45, 2.75) is 59.9 Å². The molecular formula is C23H40N4O2. The lowest BCUT2D eigenvalue weighted by Crippen LogP contribution is -2.45. The summed E-state index contributed by atoms with van der Waals surface area (Å²) in [5.41, 5.74) is 2.63. The van der Waals surface area contributed by atoms with E-state index >= 15 is 0 Å². The molecule has 0 aromatic heterocycles. The third-order valence-electron chi connectivity index (χ3n) is 5.19. The highest BCUT2D eigenvalue weighted by Crippen LogP contribution is 2.21. The van der Waals surface area contributed by atoms with Crippen LogP contribution in [-0.2, 0) is 22.6 Å². The number of hydrogen-bond donors (Lipinski definition) is 2. The average Bonchev–Trinajstić information content (AvgIpc) is 2.66. The van der Waals surface area contributed by atoms with E-state index in [-0.39, 0.29) is 11.5 Å². The number of methoxy groups -OCH3 is 1. The van der Waals surface area contributed by atoms with Crippen LogP contribution in [-0.4, -0.2) is 63.0 Å². The minimum Gasteiger partial charge on any atom is -0.379 e. The van der Waals surface area contributed by atoms with Crippen molar-refractivity contribution in [2.24, 2.45) is 10.4 Å². The zero-order valence-corrected chi connectivity index (χ0v) is 19.1. The van der Waals surface area contributed by atoms with Crippen LogP contribution in [0, 0.1) is 5.41 Å². The van der Waals surface area contributed by atoms with E-state index in [9.17, 15) is 0 Å². The summed E-state index contributed by atoms with van der Waals surface area (Å²) >= 11 is 0. The summed E-state index contributed by atoms with van der Waals surface area (Å²) in [6.45, 7) is 16.8. The fourth-order valence-corrected chi connectivity index (χ4v) is 3.56. The number of nitrogens with one attached hydrogen (secondary N) is 2. The van der Waals surface area contributed by atoms with E-state index in [0.717, 1.165) is 45.3 Å². The summed E-state index contributed by atoms with van der Waals surface area (Å²) in [4.78, 5) is 7.24. The van der Waals surface area contributed by atoms with Crippen molar-refractivity contribution in [1.29, 1.82) is 0 Å². The Morgan fingerprint density at radius 1 is 1.31 bits per heavy atom. The van der Waals surface area contributed by atoms with Gasteiger partial charge in [-0.1, -0.05) is 45.0 Å². The van der Waals surface area contributed by atoms with Crippen LogP contribution >= 0.6 is 0 Å². The third kappa shape index (κ3) is 8.33. The molecule has 2 atom stereocenters. The number of rotatable bonds is 8. The van der Waals surface area contributed by atoms with Crippen LogP contribution in [0.3, 0.4) is 0 Å². The first-order chi connectivity index (χ1) is 13.8. The number of aliphatic imine (C=N–C) groups is 1. The minimum atomic E-state index is 0.0738. The van der Waals surface area contributed by atoms with Gasteiger partial charge in [-0.2, -0.15) is 0 Å². The first-order valence-electron chi connectivity index (χ1n) is 10.8. The van der Waals surface area contributed by atoms with Crippen molar-refractivity contribution in [3.63, 3.8) is 0 Å². The van der Waals surface area contributed by atoms with Gasteiger partial charge in [0.05, 0.1) is 25.4 Å². The van der Waals surface area contributed by atoms with Gasteiger partial charge in [-0.25, -0.2) is 4.99 Å². The van der Waals surface area contributed by atoms with Gasteiger partial charge in [0.25, 0.3) is 0 Å². The molecule has 1 fully saturated rings. The molecule has 0 amide bonds. The number of nitrogens with zero attached hydrogens (tertiary/aromatic N) is 2. The molecule has 6 heteroatoms. The molecule has 164 valence electrons. The summed E-state index contributed by atoms with van der Waals surface area (Å²) in [5, 5.41) is 6.76. The Hall–Kier alpha value is -1.63. The second-order valence-electron chi connectivity index (χ2n) is 8.90. The Morgan fingerprint density at radius 3 is 2.72 bits per heavy atom. The predicted molar refractivity (Wildman–Crippen MR) is 120 cm³/mol. The van der Waals surface area contributed by atoms with Crippen LogP contribution in [0.1, 0.15) is 45.7 Å². The van der Waals surface area contributed by atoms with Crippen LogP contribution < -0.4 is 10.6 Å². The normalized spacial score (nSPS) is 19.8. The van der Waals surface area contributed by atoms with E-state index in [4.69, 9.17) is 14.5 Å². The molecule has 1 aliphatic rings. The van der Waals surface area contributed by atoms with E-state index in [1.807, 2.05) is 0 Å². The predicted octanol–water partition coefficient (Wildman–Crippen LogP) is 3.02. The van der Waals surface area contributed by atoms with Crippen LogP contribution in [0.25, 0.3) is 0 Å². The first kappa shape index (κ1) is 23.6. The highest BCUT2D eigenvalue weighted by Gasteiger charge is 2.24. The third-order valence-corrected chi connectivity index (χ3v) is 5.19. The summed E-state index contributed by atoms with van der Waals surface area (Å²) in [6, 6.07) is 8.74. The number of morpholine rings is 1. The second kappa shape index (κ2) is 11.5. The maximum atomic E-state index is 5.64. The average molecular weight is 405 g/mol. The van der Waals surface area contributed by atoms with Crippen LogP contribution in [0.4, 0.5) is 0 Å². The SMILES string of the molecule is CCNC(=NCc1cccc(CN2CCOC(C)C2)c1)NCC(OC)C(C)(C)C. The van der Waals surface area contributed by atoms with Gasteiger partial charge in [-0.15, -0.1) is 0 Å². The highest BCUT2D eigenvalue weighted by molar-refractivity contribution is 5.79. The quantitative estimate of drug-likeness (QED) is 0.515. The summed E-state index contributed by atoms with van der Waals surface area (Å²) in [6.07, 6.45) is 0.430. The number of ether oxygens (including phenoxy) is 2. The summed E-state index contributed by atoms with van der Waals surface area (Å²) in [7, 11) is 1.77. The fraction of sp³-hybridized carbons (Fsp3) is 0.696. The van der Waals surface area contributed by atoms with Gasteiger partial charge < -0.3 is 20.1 Å². The highest BCUT2D eigenvalue weighted by atomic mass is 16.5.